The largest absolute Gasteiger partial charge is 0.391 e. The Morgan fingerprint density at radius 1 is 1.28 bits per heavy atom. The molecule has 6 nitrogen and oxygen atoms in total. The van der Waals surface area contributed by atoms with Crippen LogP contribution in [-0.4, -0.2) is 45.6 Å². The number of nitrogens with one attached hydrogen (secondary N) is 1. The molecule has 1 aromatic carbocycles. The number of aliphatic hydroxyl groups is 1. The Hall–Kier alpha value is -2.61. The summed E-state index contributed by atoms with van der Waals surface area (Å²) in [6.45, 7) is 1.84. The Morgan fingerprint density at radius 2 is 2.04 bits per heavy atom. The van der Waals surface area contributed by atoms with Crippen molar-refractivity contribution in [3.63, 3.8) is 0 Å². The Morgan fingerprint density at radius 3 is 2.72 bits per heavy atom. The zero-order chi connectivity index (χ0) is 18.1. The number of benzene rings is 1. The lowest BCUT2D eigenvalue weighted by Gasteiger charge is -2.24. The third kappa shape index (κ3) is 3.43. The summed E-state index contributed by atoms with van der Waals surface area (Å²) in [5.74, 6) is -2.02. The second-order valence-electron chi connectivity index (χ2n) is 6.00. The van der Waals surface area contributed by atoms with E-state index in [-0.39, 0.29) is 18.7 Å². The van der Waals surface area contributed by atoms with Crippen molar-refractivity contribution >= 4 is 11.9 Å². The van der Waals surface area contributed by atoms with Crippen molar-refractivity contribution in [2.45, 2.75) is 25.5 Å². The number of anilines is 1. The third-order valence-electron chi connectivity index (χ3n) is 4.17. The smallest absolute Gasteiger partial charge is 0.273 e. The third-order valence-corrected chi connectivity index (χ3v) is 4.17. The zero-order valence-electron chi connectivity index (χ0n) is 13.8. The molecule has 1 amide bonds. The molecule has 0 aliphatic carbocycles. The quantitative estimate of drug-likeness (QED) is 0.888. The fourth-order valence-corrected chi connectivity index (χ4v) is 3.01. The van der Waals surface area contributed by atoms with E-state index >= 15 is 0 Å². The molecule has 1 saturated heterocycles. The Balaban J connectivity index is 1.94. The van der Waals surface area contributed by atoms with Gasteiger partial charge in [-0.2, -0.15) is 0 Å². The molecule has 0 bridgehead atoms. The second-order valence-corrected chi connectivity index (χ2v) is 6.00. The van der Waals surface area contributed by atoms with E-state index in [0.717, 1.165) is 12.1 Å². The van der Waals surface area contributed by atoms with Gasteiger partial charge in [-0.25, -0.2) is 18.7 Å². The molecule has 1 aliphatic rings. The summed E-state index contributed by atoms with van der Waals surface area (Å²) in [7, 11) is 1.65. The van der Waals surface area contributed by atoms with Crippen LogP contribution in [0.2, 0.25) is 0 Å². The number of carbonyl (C=O) groups excluding carboxylic acids is 1. The number of aliphatic hydroxyl groups excluding tert-OH is 1. The standard InChI is InChI=1S/C17H18F2N4O2/c1-9-5-14(22-17(20-2)21-9)16(25)23-8-11(24)7-15(23)10-3-4-12(18)13(19)6-10/h3-6,11,15,24H,7-8H2,1-2H3,(H,20,21,22)/t11-,15-/m1/s1. The number of β-amino-alcohol motifs (C(OH)–C–C–N with tert-alkyl or cyclic N) is 1. The minimum atomic E-state index is -0.985. The van der Waals surface area contributed by atoms with Crippen LogP contribution >= 0.6 is 0 Å². The number of aromatic nitrogens is 2. The minimum absolute atomic E-state index is 0.0977. The van der Waals surface area contributed by atoms with Gasteiger partial charge in [0.1, 0.15) is 5.69 Å². The van der Waals surface area contributed by atoms with Crippen LogP contribution < -0.4 is 5.32 Å². The van der Waals surface area contributed by atoms with Crippen LogP contribution in [0.25, 0.3) is 0 Å². The van der Waals surface area contributed by atoms with Crippen LogP contribution in [-0.2, 0) is 0 Å². The van der Waals surface area contributed by atoms with Gasteiger partial charge in [0.05, 0.1) is 12.1 Å². The molecule has 0 unspecified atom stereocenters. The molecule has 2 heterocycles. The molecule has 0 radical (unpaired) electrons. The summed E-state index contributed by atoms with van der Waals surface area (Å²) in [6, 6.07) is 4.50. The molecular formula is C17H18F2N4O2. The lowest BCUT2D eigenvalue weighted by molar-refractivity contribution is 0.0709. The maximum atomic E-state index is 13.6. The van der Waals surface area contributed by atoms with Gasteiger partial charge in [-0.05, 0) is 37.1 Å². The fourth-order valence-electron chi connectivity index (χ4n) is 3.01. The first-order valence-corrected chi connectivity index (χ1v) is 7.86. The predicted octanol–water partition coefficient (Wildman–Crippen LogP) is 2.05. The molecule has 3 rings (SSSR count). The van der Waals surface area contributed by atoms with Gasteiger partial charge >= 0.3 is 0 Å². The van der Waals surface area contributed by atoms with Gasteiger partial charge in [0.15, 0.2) is 11.6 Å². The van der Waals surface area contributed by atoms with Crippen molar-refractivity contribution in [2.24, 2.45) is 0 Å². The lowest BCUT2D eigenvalue weighted by Crippen LogP contribution is -2.32. The highest BCUT2D eigenvalue weighted by Crippen LogP contribution is 2.34. The summed E-state index contributed by atoms with van der Waals surface area (Å²) in [4.78, 5) is 22.6. The normalized spacial score (nSPS) is 20.0. The SMILES string of the molecule is CNc1nc(C)cc(C(=O)N2C[C@H](O)C[C@@H]2c2ccc(F)c(F)c2)n1. The van der Waals surface area contributed by atoms with Crippen LogP contribution in [0, 0.1) is 18.6 Å². The summed E-state index contributed by atoms with van der Waals surface area (Å²) in [5.41, 5.74) is 1.23. The molecule has 2 atom stereocenters. The monoisotopic (exact) mass is 348 g/mol. The van der Waals surface area contributed by atoms with E-state index in [0.29, 0.717) is 17.2 Å². The number of hydrogen-bond donors (Lipinski definition) is 2. The van der Waals surface area contributed by atoms with Crippen LogP contribution in [0.15, 0.2) is 24.3 Å². The maximum Gasteiger partial charge on any atom is 0.273 e. The highest BCUT2D eigenvalue weighted by molar-refractivity contribution is 5.93. The average Bonchev–Trinajstić information content (AvgIpc) is 2.97. The van der Waals surface area contributed by atoms with Gasteiger partial charge in [-0.1, -0.05) is 6.07 Å². The van der Waals surface area contributed by atoms with Gasteiger partial charge in [0.2, 0.25) is 5.95 Å². The zero-order valence-corrected chi connectivity index (χ0v) is 13.8. The van der Waals surface area contributed by atoms with E-state index in [4.69, 9.17) is 0 Å². The van der Waals surface area contributed by atoms with E-state index in [1.54, 1.807) is 20.0 Å². The number of amides is 1. The topological polar surface area (TPSA) is 78.4 Å². The summed E-state index contributed by atoms with van der Waals surface area (Å²) < 4.78 is 26.7. The van der Waals surface area contributed by atoms with Crippen molar-refractivity contribution in [2.75, 3.05) is 18.9 Å². The number of halogens is 2. The summed E-state index contributed by atoms with van der Waals surface area (Å²) in [6.07, 6.45) is -0.492. The second kappa shape index (κ2) is 6.72. The molecule has 8 heteroatoms. The minimum Gasteiger partial charge on any atom is -0.391 e. The summed E-state index contributed by atoms with van der Waals surface area (Å²) in [5, 5.41) is 12.8. The molecule has 2 N–H and O–H groups in total. The maximum absolute atomic E-state index is 13.6. The van der Waals surface area contributed by atoms with Gasteiger partial charge in [0.25, 0.3) is 5.91 Å². The number of hydrogen-bond acceptors (Lipinski definition) is 5. The van der Waals surface area contributed by atoms with Crippen LogP contribution in [0.1, 0.15) is 34.2 Å². The first kappa shape index (κ1) is 17.2. The molecule has 25 heavy (non-hydrogen) atoms. The predicted molar refractivity (Wildman–Crippen MR) is 87.1 cm³/mol. The molecular weight excluding hydrogens is 330 g/mol. The first-order chi connectivity index (χ1) is 11.9. The number of aryl methyl sites for hydroxylation is 1. The van der Waals surface area contributed by atoms with Crippen LogP contribution in [0.3, 0.4) is 0 Å². The van der Waals surface area contributed by atoms with Crippen LogP contribution in [0.5, 0.6) is 0 Å². The number of nitrogens with zero attached hydrogens (tertiary/aromatic N) is 3. The van der Waals surface area contributed by atoms with E-state index in [9.17, 15) is 18.7 Å². The van der Waals surface area contributed by atoms with Crippen molar-refractivity contribution in [3.05, 3.63) is 52.9 Å². The molecule has 0 saturated carbocycles. The van der Waals surface area contributed by atoms with E-state index in [1.807, 2.05) is 0 Å². The lowest BCUT2D eigenvalue weighted by atomic mass is 10.0. The summed E-state index contributed by atoms with van der Waals surface area (Å²) >= 11 is 0. The number of carbonyl (C=O) groups is 1. The van der Waals surface area contributed by atoms with Gasteiger partial charge in [-0.3, -0.25) is 4.79 Å². The van der Waals surface area contributed by atoms with E-state index in [1.165, 1.54) is 11.0 Å². The van der Waals surface area contributed by atoms with E-state index < -0.39 is 29.7 Å². The first-order valence-electron chi connectivity index (χ1n) is 7.86. The van der Waals surface area contributed by atoms with Crippen molar-refractivity contribution in [1.82, 2.24) is 14.9 Å². The Kier molecular flexibility index (Phi) is 4.63. The number of rotatable bonds is 3. The molecule has 132 valence electrons. The fraction of sp³-hybridized carbons (Fsp3) is 0.353. The van der Waals surface area contributed by atoms with Gasteiger partial charge < -0.3 is 15.3 Å². The van der Waals surface area contributed by atoms with Crippen LogP contribution in [0.4, 0.5) is 14.7 Å². The number of likely N-dealkylation sites (tertiary alicyclic amines) is 1. The highest BCUT2D eigenvalue weighted by atomic mass is 19.2. The average molecular weight is 348 g/mol. The van der Waals surface area contributed by atoms with Gasteiger partial charge in [-0.15, -0.1) is 0 Å². The molecule has 1 aromatic heterocycles. The van der Waals surface area contributed by atoms with Gasteiger partial charge in [0, 0.05) is 19.3 Å². The van der Waals surface area contributed by atoms with E-state index in [2.05, 4.69) is 15.3 Å². The molecule has 1 fully saturated rings. The molecule has 1 aliphatic heterocycles. The molecule has 0 spiro atoms. The highest BCUT2D eigenvalue weighted by Gasteiger charge is 2.36. The Labute approximate surface area is 143 Å². The Bertz CT molecular complexity index is 815. The van der Waals surface area contributed by atoms with Crippen molar-refractivity contribution in [1.29, 1.82) is 0 Å². The molecule has 2 aromatic rings. The van der Waals surface area contributed by atoms with Crippen molar-refractivity contribution < 1.29 is 18.7 Å². The van der Waals surface area contributed by atoms with Crippen molar-refractivity contribution in [3.8, 4) is 0 Å².